The van der Waals surface area contributed by atoms with Crippen molar-refractivity contribution in [1.29, 1.82) is 0 Å². The number of amides is 1. The largest absolute Gasteiger partial charge is 0.348 e. The van der Waals surface area contributed by atoms with Crippen LogP contribution in [0.5, 0.6) is 0 Å². The molecule has 0 aromatic heterocycles. The first-order chi connectivity index (χ1) is 9.09. The molecule has 19 heavy (non-hydrogen) atoms. The van der Waals surface area contributed by atoms with Crippen molar-refractivity contribution in [2.45, 2.75) is 13.5 Å². The molecule has 0 fully saturated rings. The highest BCUT2D eigenvalue weighted by molar-refractivity contribution is 5.94. The van der Waals surface area contributed by atoms with Gasteiger partial charge in [0.2, 0.25) is 0 Å². The summed E-state index contributed by atoms with van der Waals surface area (Å²) < 4.78 is 27.1. The first kappa shape index (κ1) is 13.2. The highest BCUT2D eigenvalue weighted by Gasteiger charge is 2.13. The van der Waals surface area contributed by atoms with Crippen LogP contribution in [0, 0.1) is 18.6 Å². The average Bonchev–Trinajstić information content (AvgIpc) is 2.40. The van der Waals surface area contributed by atoms with Gasteiger partial charge in [0.05, 0.1) is 5.56 Å². The number of aryl methyl sites for hydroxylation is 1. The van der Waals surface area contributed by atoms with E-state index in [1.165, 1.54) is 12.1 Å². The van der Waals surface area contributed by atoms with Crippen LogP contribution in [-0.4, -0.2) is 5.91 Å². The molecule has 1 amide bonds. The molecule has 0 heterocycles. The van der Waals surface area contributed by atoms with Crippen molar-refractivity contribution in [3.8, 4) is 0 Å². The summed E-state index contributed by atoms with van der Waals surface area (Å²) in [5.41, 5.74) is 0.735. The second kappa shape index (κ2) is 5.61. The summed E-state index contributed by atoms with van der Waals surface area (Å²) in [5.74, 6) is -1.49. The number of hydrogen-bond donors (Lipinski definition) is 1. The molecule has 0 radical (unpaired) electrons. The molecule has 0 aliphatic heterocycles. The lowest BCUT2D eigenvalue weighted by Crippen LogP contribution is -2.24. The smallest absolute Gasteiger partial charge is 0.254 e. The van der Waals surface area contributed by atoms with Gasteiger partial charge >= 0.3 is 0 Å². The number of halogens is 2. The van der Waals surface area contributed by atoms with Gasteiger partial charge in [0.15, 0.2) is 0 Å². The van der Waals surface area contributed by atoms with E-state index in [1.807, 2.05) is 0 Å². The van der Waals surface area contributed by atoms with Crippen molar-refractivity contribution >= 4 is 5.91 Å². The third-order valence-corrected chi connectivity index (χ3v) is 2.83. The van der Waals surface area contributed by atoms with Crippen LogP contribution in [0.3, 0.4) is 0 Å². The van der Waals surface area contributed by atoms with Gasteiger partial charge in [-0.2, -0.15) is 0 Å². The number of hydrogen-bond acceptors (Lipinski definition) is 1. The molecule has 2 aromatic carbocycles. The van der Waals surface area contributed by atoms with Crippen molar-refractivity contribution in [2.75, 3.05) is 0 Å². The van der Waals surface area contributed by atoms with Crippen LogP contribution in [0.15, 0.2) is 42.5 Å². The number of rotatable bonds is 3. The van der Waals surface area contributed by atoms with Gasteiger partial charge in [-0.25, -0.2) is 8.78 Å². The molecular weight excluding hydrogens is 248 g/mol. The molecule has 0 aliphatic rings. The number of nitrogens with one attached hydrogen (secondary N) is 1. The Morgan fingerprint density at radius 3 is 2.58 bits per heavy atom. The second-order valence-electron chi connectivity index (χ2n) is 4.21. The third kappa shape index (κ3) is 2.96. The Kier molecular flexibility index (Phi) is 3.90. The predicted octanol–water partition coefficient (Wildman–Crippen LogP) is 3.20. The molecule has 98 valence electrons. The molecule has 0 saturated heterocycles. The van der Waals surface area contributed by atoms with E-state index in [4.69, 9.17) is 0 Å². The lowest BCUT2D eigenvalue weighted by atomic mass is 10.1. The predicted molar refractivity (Wildman–Crippen MR) is 68.7 cm³/mol. The Hall–Kier alpha value is -2.23. The van der Waals surface area contributed by atoms with Gasteiger partial charge in [0.25, 0.3) is 5.91 Å². The summed E-state index contributed by atoms with van der Waals surface area (Å²) in [6.07, 6.45) is 0. The zero-order chi connectivity index (χ0) is 13.8. The summed E-state index contributed by atoms with van der Waals surface area (Å²) in [6, 6.07) is 10.7. The van der Waals surface area contributed by atoms with Gasteiger partial charge in [0.1, 0.15) is 11.6 Å². The minimum atomic E-state index is -0.551. The van der Waals surface area contributed by atoms with Crippen molar-refractivity contribution in [3.05, 3.63) is 70.8 Å². The topological polar surface area (TPSA) is 29.1 Å². The molecule has 2 nitrogen and oxygen atoms in total. The third-order valence-electron chi connectivity index (χ3n) is 2.83. The minimum Gasteiger partial charge on any atom is -0.348 e. The van der Waals surface area contributed by atoms with Gasteiger partial charge in [-0.05, 0) is 24.6 Å². The molecule has 0 atom stereocenters. The Morgan fingerprint density at radius 1 is 1.11 bits per heavy atom. The Bertz CT molecular complexity index is 611. The van der Waals surface area contributed by atoms with E-state index >= 15 is 0 Å². The maximum absolute atomic E-state index is 13.7. The summed E-state index contributed by atoms with van der Waals surface area (Å²) >= 11 is 0. The van der Waals surface area contributed by atoms with Gasteiger partial charge in [-0.3, -0.25) is 4.79 Å². The van der Waals surface area contributed by atoms with Crippen LogP contribution >= 0.6 is 0 Å². The minimum absolute atomic E-state index is 0.0267. The van der Waals surface area contributed by atoms with E-state index in [0.29, 0.717) is 11.1 Å². The van der Waals surface area contributed by atoms with E-state index in [1.54, 1.807) is 37.3 Å². The molecule has 0 saturated carbocycles. The van der Waals surface area contributed by atoms with Crippen molar-refractivity contribution in [1.82, 2.24) is 5.32 Å². The normalized spacial score (nSPS) is 10.3. The fourth-order valence-electron chi connectivity index (χ4n) is 1.74. The maximum atomic E-state index is 13.7. The zero-order valence-corrected chi connectivity index (χ0v) is 10.4. The zero-order valence-electron chi connectivity index (χ0n) is 10.4. The highest BCUT2D eigenvalue weighted by Crippen LogP contribution is 2.12. The second-order valence-corrected chi connectivity index (χ2v) is 4.21. The first-order valence-electron chi connectivity index (χ1n) is 5.86. The molecule has 1 N–H and O–H groups in total. The van der Waals surface area contributed by atoms with E-state index in [-0.39, 0.29) is 12.1 Å². The average molecular weight is 261 g/mol. The molecule has 4 heteroatoms. The lowest BCUT2D eigenvalue weighted by Gasteiger charge is -2.08. The molecule has 0 unspecified atom stereocenters. The summed E-state index contributed by atoms with van der Waals surface area (Å²) in [5, 5.41) is 2.51. The van der Waals surface area contributed by atoms with Crippen LogP contribution in [0.25, 0.3) is 0 Å². The number of carbonyl (C=O) groups excluding carboxylic acids is 1. The van der Waals surface area contributed by atoms with Gasteiger partial charge in [-0.1, -0.05) is 30.3 Å². The monoisotopic (exact) mass is 261 g/mol. The van der Waals surface area contributed by atoms with Crippen LogP contribution in [-0.2, 0) is 6.54 Å². The summed E-state index contributed by atoms with van der Waals surface area (Å²) in [7, 11) is 0. The van der Waals surface area contributed by atoms with Crippen molar-refractivity contribution in [2.24, 2.45) is 0 Å². The van der Waals surface area contributed by atoms with E-state index in [0.717, 1.165) is 0 Å². The SMILES string of the molecule is Cc1cccc(C(=O)NCc2ccccc2F)c1F. The van der Waals surface area contributed by atoms with Crippen LogP contribution < -0.4 is 5.32 Å². The van der Waals surface area contributed by atoms with E-state index in [2.05, 4.69) is 5.32 Å². The standard InChI is InChI=1S/C15H13F2NO/c1-10-5-4-7-12(14(10)17)15(19)18-9-11-6-2-3-8-13(11)16/h2-8H,9H2,1H3,(H,18,19). The molecule has 0 bridgehead atoms. The van der Waals surface area contributed by atoms with E-state index in [9.17, 15) is 13.6 Å². The maximum Gasteiger partial charge on any atom is 0.254 e. The van der Waals surface area contributed by atoms with Gasteiger partial charge < -0.3 is 5.32 Å². The molecule has 0 spiro atoms. The van der Waals surface area contributed by atoms with Gasteiger partial charge in [-0.15, -0.1) is 0 Å². The fourth-order valence-corrected chi connectivity index (χ4v) is 1.74. The fraction of sp³-hybridized carbons (Fsp3) is 0.133. The molecule has 0 aliphatic carbocycles. The Balaban J connectivity index is 2.10. The quantitative estimate of drug-likeness (QED) is 0.903. The Labute approximate surface area is 110 Å². The van der Waals surface area contributed by atoms with E-state index < -0.39 is 17.5 Å². The van der Waals surface area contributed by atoms with Crippen LogP contribution in [0.1, 0.15) is 21.5 Å². The summed E-state index contributed by atoms with van der Waals surface area (Å²) in [6.45, 7) is 1.61. The number of benzene rings is 2. The first-order valence-corrected chi connectivity index (χ1v) is 5.86. The molecule has 2 aromatic rings. The van der Waals surface area contributed by atoms with Crippen molar-refractivity contribution in [3.63, 3.8) is 0 Å². The highest BCUT2D eigenvalue weighted by atomic mass is 19.1. The molecular formula is C15H13F2NO. The summed E-state index contributed by atoms with van der Waals surface area (Å²) in [4.78, 5) is 11.8. The van der Waals surface area contributed by atoms with Gasteiger partial charge in [0, 0.05) is 12.1 Å². The van der Waals surface area contributed by atoms with Crippen LogP contribution in [0.4, 0.5) is 8.78 Å². The molecule has 2 rings (SSSR count). The number of carbonyl (C=O) groups is 1. The lowest BCUT2D eigenvalue weighted by molar-refractivity contribution is 0.0946. The van der Waals surface area contributed by atoms with Crippen molar-refractivity contribution < 1.29 is 13.6 Å². The van der Waals surface area contributed by atoms with Crippen LogP contribution in [0.2, 0.25) is 0 Å². The Morgan fingerprint density at radius 2 is 1.84 bits per heavy atom.